The second-order valence-corrected chi connectivity index (χ2v) is 8.90. The Morgan fingerprint density at radius 3 is 2.15 bits per heavy atom. The summed E-state index contributed by atoms with van der Waals surface area (Å²) in [6, 6.07) is 1.43. The van der Waals surface area contributed by atoms with E-state index in [1.54, 1.807) is 6.92 Å². The highest BCUT2D eigenvalue weighted by Gasteiger charge is 2.49. The summed E-state index contributed by atoms with van der Waals surface area (Å²) in [5.74, 6) is 1.45. The highest BCUT2D eigenvalue weighted by Crippen LogP contribution is 2.32. The number of furan rings is 1. The number of ether oxygens (including phenoxy) is 2. The third-order valence-electron chi connectivity index (χ3n) is 5.55. The quantitative estimate of drug-likeness (QED) is 0.834. The minimum Gasteiger partial charge on any atom is -0.465 e. The van der Waals surface area contributed by atoms with Crippen molar-refractivity contribution in [2.75, 3.05) is 13.2 Å². The smallest absolute Gasteiger partial charge is 0.255 e. The minimum atomic E-state index is -0.243. The Hall–Kier alpha value is -1.86. The molecule has 1 saturated carbocycles. The van der Waals surface area contributed by atoms with Gasteiger partial charge in [-0.2, -0.15) is 0 Å². The fraction of sp³-hybridized carbons (Fsp3) is 0.700. The van der Waals surface area contributed by atoms with Crippen LogP contribution < -0.4 is 10.6 Å². The van der Waals surface area contributed by atoms with Gasteiger partial charge in [-0.25, -0.2) is 0 Å². The average Bonchev–Trinajstić information content (AvgIpc) is 3.08. The highest BCUT2D eigenvalue weighted by molar-refractivity contribution is 5.95. The second kappa shape index (κ2) is 6.63. The predicted molar refractivity (Wildman–Crippen MR) is 97.5 cm³/mol. The van der Waals surface area contributed by atoms with Gasteiger partial charge in [-0.05, 0) is 25.8 Å². The van der Waals surface area contributed by atoms with Gasteiger partial charge in [0.15, 0.2) is 0 Å². The SMILES string of the molecule is Cc1oc(C(C)(C)C)cc1C(=O)NC1COC2C(NC(=O)C3CC3)COC12. The third-order valence-corrected chi connectivity index (χ3v) is 5.55. The lowest BCUT2D eigenvalue weighted by Crippen LogP contribution is -2.47. The van der Waals surface area contributed by atoms with E-state index in [2.05, 4.69) is 10.6 Å². The van der Waals surface area contributed by atoms with Crippen LogP contribution in [0.4, 0.5) is 0 Å². The molecule has 3 heterocycles. The Bertz CT molecular complexity index is 746. The summed E-state index contributed by atoms with van der Waals surface area (Å²) in [6.45, 7) is 8.73. The molecule has 7 nitrogen and oxygen atoms in total. The number of amides is 2. The van der Waals surface area contributed by atoms with Gasteiger partial charge < -0.3 is 24.5 Å². The fourth-order valence-electron chi connectivity index (χ4n) is 3.72. The molecule has 7 heteroatoms. The highest BCUT2D eigenvalue weighted by atomic mass is 16.6. The lowest BCUT2D eigenvalue weighted by Gasteiger charge is -2.18. The van der Waals surface area contributed by atoms with Crippen LogP contribution in [-0.4, -0.2) is 49.3 Å². The molecular weight excluding hydrogens is 348 g/mol. The number of hydrogen-bond acceptors (Lipinski definition) is 5. The molecule has 148 valence electrons. The van der Waals surface area contributed by atoms with Crippen LogP contribution in [-0.2, 0) is 19.7 Å². The maximum Gasteiger partial charge on any atom is 0.255 e. The normalized spacial score (nSPS) is 30.2. The van der Waals surface area contributed by atoms with Crippen LogP contribution in [0.2, 0.25) is 0 Å². The first kappa shape index (κ1) is 18.5. The summed E-state index contributed by atoms with van der Waals surface area (Å²) in [7, 11) is 0. The van der Waals surface area contributed by atoms with Crippen LogP contribution in [0.25, 0.3) is 0 Å². The van der Waals surface area contributed by atoms with Gasteiger partial charge >= 0.3 is 0 Å². The first-order valence-corrected chi connectivity index (χ1v) is 9.69. The van der Waals surface area contributed by atoms with E-state index in [4.69, 9.17) is 13.9 Å². The summed E-state index contributed by atoms with van der Waals surface area (Å²) < 4.78 is 17.5. The van der Waals surface area contributed by atoms with Gasteiger partial charge in [0.2, 0.25) is 5.91 Å². The van der Waals surface area contributed by atoms with Gasteiger partial charge in [-0.1, -0.05) is 20.8 Å². The molecule has 1 aromatic rings. The Morgan fingerprint density at radius 1 is 1.04 bits per heavy atom. The summed E-state index contributed by atoms with van der Waals surface area (Å²) in [6.07, 6.45) is 1.47. The van der Waals surface area contributed by atoms with Crippen molar-refractivity contribution in [2.45, 2.75) is 70.2 Å². The molecule has 4 rings (SSSR count). The zero-order chi connectivity index (χ0) is 19.3. The molecule has 2 saturated heterocycles. The van der Waals surface area contributed by atoms with E-state index >= 15 is 0 Å². The molecule has 0 bridgehead atoms. The first-order chi connectivity index (χ1) is 12.7. The number of carbonyl (C=O) groups is 2. The van der Waals surface area contributed by atoms with Crippen molar-refractivity contribution in [3.63, 3.8) is 0 Å². The van der Waals surface area contributed by atoms with Gasteiger partial charge in [0.25, 0.3) is 5.91 Å². The fourth-order valence-corrected chi connectivity index (χ4v) is 3.72. The van der Waals surface area contributed by atoms with Gasteiger partial charge in [-0.15, -0.1) is 0 Å². The first-order valence-electron chi connectivity index (χ1n) is 9.69. The summed E-state index contributed by atoms with van der Waals surface area (Å²) >= 11 is 0. The number of hydrogen-bond donors (Lipinski definition) is 2. The van der Waals surface area contributed by atoms with Crippen LogP contribution in [0.1, 0.15) is 55.5 Å². The van der Waals surface area contributed by atoms with Crippen molar-refractivity contribution in [3.05, 3.63) is 23.2 Å². The van der Waals surface area contributed by atoms with Crippen molar-refractivity contribution >= 4 is 11.8 Å². The molecule has 2 aliphatic heterocycles. The predicted octanol–water partition coefficient (Wildman–Crippen LogP) is 1.68. The molecule has 4 unspecified atom stereocenters. The monoisotopic (exact) mass is 376 g/mol. The Morgan fingerprint density at radius 2 is 1.63 bits per heavy atom. The van der Waals surface area contributed by atoms with Gasteiger partial charge in [0.05, 0.1) is 30.9 Å². The van der Waals surface area contributed by atoms with Crippen LogP contribution >= 0.6 is 0 Å². The Labute approximate surface area is 159 Å². The third kappa shape index (κ3) is 3.62. The van der Waals surface area contributed by atoms with E-state index in [-0.39, 0.29) is 47.4 Å². The van der Waals surface area contributed by atoms with E-state index in [0.29, 0.717) is 24.5 Å². The maximum absolute atomic E-state index is 12.8. The Kier molecular flexibility index (Phi) is 4.55. The Balaban J connectivity index is 1.39. The average molecular weight is 376 g/mol. The molecule has 3 fully saturated rings. The molecule has 0 radical (unpaired) electrons. The topological polar surface area (TPSA) is 89.8 Å². The molecule has 1 aromatic heterocycles. The summed E-state index contributed by atoms with van der Waals surface area (Å²) in [5.41, 5.74) is 0.381. The van der Waals surface area contributed by atoms with Gasteiger partial charge in [-0.3, -0.25) is 9.59 Å². The molecule has 2 amide bonds. The van der Waals surface area contributed by atoms with Gasteiger partial charge in [0, 0.05) is 11.3 Å². The molecule has 0 aromatic carbocycles. The zero-order valence-corrected chi connectivity index (χ0v) is 16.3. The van der Waals surface area contributed by atoms with Crippen LogP contribution in [0.5, 0.6) is 0 Å². The zero-order valence-electron chi connectivity index (χ0n) is 16.3. The number of fused-ring (bicyclic) bond motifs is 1. The molecule has 0 spiro atoms. The van der Waals surface area contributed by atoms with Crippen LogP contribution in [0.15, 0.2) is 10.5 Å². The molecule has 3 aliphatic rings. The van der Waals surface area contributed by atoms with Gasteiger partial charge in [0.1, 0.15) is 23.7 Å². The molecule has 2 N–H and O–H groups in total. The van der Waals surface area contributed by atoms with Crippen molar-refractivity contribution < 1.29 is 23.5 Å². The largest absolute Gasteiger partial charge is 0.465 e. The number of carbonyl (C=O) groups excluding carboxylic acids is 2. The number of nitrogens with one attached hydrogen (secondary N) is 2. The van der Waals surface area contributed by atoms with E-state index in [1.165, 1.54) is 0 Å². The molecule has 4 atom stereocenters. The van der Waals surface area contributed by atoms with Crippen molar-refractivity contribution in [1.29, 1.82) is 0 Å². The second-order valence-electron chi connectivity index (χ2n) is 8.90. The van der Waals surface area contributed by atoms with E-state index in [9.17, 15) is 9.59 Å². The lowest BCUT2D eigenvalue weighted by atomic mass is 9.93. The van der Waals surface area contributed by atoms with E-state index in [0.717, 1.165) is 18.6 Å². The van der Waals surface area contributed by atoms with E-state index in [1.807, 2.05) is 26.8 Å². The van der Waals surface area contributed by atoms with E-state index < -0.39 is 0 Å². The molecule has 1 aliphatic carbocycles. The minimum absolute atomic E-state index is 0.0871. The molecule has 27 heavy (non-hydrogen) atoms. The summed E-state index contributed by atoms with van der Waals surface area (Å²) in [5, 5.41) is 6.05. The van der Waals surface area contributed by atoms with Crippen molar-refractivity contribution in [1.82, 2.24) is 10.6 Å². The standard InChI is InChI=1S/C20H28N2O5/c1-10-12(7-15(27-10)20(2,3)4)19(24)22-14-9-26-16-13(8-25-17(14)16)21-18(23)11-5-6-11/h7,11,13-14,16-17H,5-6,8-9H2,1-4H3,(H,21,23)(H,22,24). The van der Waals surface area contributed by atoms with Crippen LogP contribution in [0, 0.1) is 12.8 Å². The lowest BCUT2D eigenvalue weighted by molar-refractivity contribution is -0.123. The van der Waals surface area contributed by atoms with Crippen molar-refractivity contribution in [2.24, 2.45) is 5.92 Å². The van der Waals surface area contributed by atoms with Crippen LogP contribution in [0.3, 0.4) is 0 Å². The van der Waals surface area contributed by atoms with Crippen molar-refractivity contribution in [3.8, 4) is 0 Å². The maximum atomic E-state index is 12.8. The molecular formula is C20H28N2O5. The number of aryl methyl sites for hydroxylation is 1. The number of rotatable bonds is 4. The summed E-state index contributed by atoms with van der Waals surface area (Å²) in [4.78, 5) is 24.8.